The Kier molecular flexibility index (Phi) is 5.40. The van der Waals surface area contributed by atoms with Crippen LogP contribution in [0.15, 0.2) is 48.8 Å². The molecule has 0 atom stereocenters. The quantitative estimate of drug-likeness (QED) is 0.635. The predicted molar refractivity (Wildman–Crippen MR) is 110 cm³/mol. The average Bonchev–Trinajstić information content (AvgIpc) is 2.94. The molecule has 0 bridgehead atoms. The number of nitrogens with zero attached hydrogens (tertiary/aromatic N) is 4. The van der Waals surface area contributed by atoms with E-state index in [4.69, 9.17) is 0 Å². The number of amides is 1. The summed E-state index contributed by atoms with van der Waals surface area (Å²) in [6.07, 6.45) is -0.901. The standard InChI is InChI=1S/C22H23F3N4O/c1-2-27-15-18(17-6-3-4-7-19(17)27)21(30)29-11-5-10-28(12-13-29)20-9-8-16(14-26-20)22(23,24)25/h3-4,6-9,14-15H,2,5,10-13H2,1H3. The van der Waals surface area contributed by atoms with E-state index in [1.807, 2.05) is 47.2 Å². The second-order valence-electron chi connectivity index (χ2n) is 7.38. The van der Waals surface area contributed by atoms with Crippen molar-refractivity contribution in [3.63, 3.8) is 0 Å². The Morgan fingerprint density at radius 3 is 2.57 bits per heavy atom. The van der Waals surface area contributed by atoms with E-state index in [1.54, 1.807) is 0 Å². The van der Waals surface area contributed by atoms with Crippen LogP contribution in [-0.2, 0) is 12.7 Å². The van der Waals surface area contributed by atoms with E-state index < -0.39 is 11.7 Å². The molecule has 1 aliphatic rings. The Bertz CT molecular complexity index is 1040. The third kappa shape index (κ3) is 3.86. The number of rotatable bonds is 3. The van der Waals surface area contributed by atoms with Crippen LogP contribution in [0.3, 0.4) is 0 Å². The van der Waals surface area contributed by atoms with Crippen LogP contribution in [0.25, 0.3) is 10.9 Å². The summed E-state index contributed by atoms with van der Waals surface area (Å²) in [7, 11) is 0. The van der Waals surface area contributed by atoms with Gasteiger partial charge in [-0.3, -0.25) is 4.79 Å². The molecule has 1 saturated heterocycles. The molecule has 30 heavy (non-hydrogen) atoms. The van der Waals surface area contributed by atoms with Gasteiger partial charge in [0.25, 0.3) is 5.91 Å². The molecule has 1 aliphatic heterocycles. The Morgan fingerprint density at radius 1 is 1.07 bits per heavy atom. The number of para-hydroxylation sites is 1. The van der Waals surface area contributed by atoms with Crippen molar-refractivity contribution in [3.05, 3.63) is 59.9 Å². The molecule has 5 nitrogen and oxygen atoms in total. The lowest BCUT2D eigenvalue weighted by atomic mass is 10.1. The molecule has 1 fully saturated rings. The maximum Gasteiger partial charge on any atom is 0.417 e. The topological polar surface area (TPSA) is 41.4 Å². The first-order valence-corrected chi connectivity index (χ1v) is 10.0. The minimum atomic E-state index is -4.40. The molecular weight excluding hydrogens is 393 g/mol. The van der Waals surface area contributed by atoms with Crippen LogP contribution >= 0.6 is 0 Å². The van der Waals surface area contributed by atoms with E-state index in [0.29, 0.717) is 37.6 Å². The summed E-state index contributed by atoms with van der Waals surface area (Å²) >= 11 is 0. The molecule has 3 aromatic rings. The first-order chi connectivity index (χ1) is 14.4. The van der Waals surface area contributed by atoms with Gasteiger partial charge in [-0.1, -0.05) is 18.2 Å². The predicted octanol–water partition coefficient (Wildman–Crippen LogP) is 4.43. The van der Waals surface area contributed by atoms with Crippen molar-refractivity contribution in [2.24, 2.45) is 0 Å². The molecule has 0 N–H and O–H groups in total. The van der Waals surface area contributed by atoms with Gasteiger partial charge in [-0.15, -0.1) is 0 Å². The van der Waals surface area contributed by atoms with Gasteiger partial charge in [-0.25, -0.2) is 4.98 Å². The minimum absolute atomic E-state index is 0.0133. The van der Waals surface area contributed by atoms with Crippen LogP contribution in [0.4, 0.5) is 19.0 Å². The molecule has 0 spiro atoms. The molecule has 1 aromatic carbocycles. The van der Waals surface area contributed by atoms with Crippen LogP contribution in [-0.4, -0.2) is 46.5 Å². The molecule has 0 radical (unpaired) electrons. The number of alkyl halides is 3. The number of halogens is 3. The van der Waals surface area contributed by atoms with E-state index >= 15 is 0 Å². The lowest BCUT2D eigenvalue weighted by Crippen LogP contribution is -2.35. The maximum atomic E-state index is 13.2. The fraction of sp³-hybridized carbons (Fsp3) is 0.364. The van der Waals surface area contributed by atoms with E-state index in [2.05, 4.69) is 9.55 Å². The largest absolute Gasteiger partial charge is 0.417 e. The van der Waals surface area contributed by atoms with E-state index in [0.717, 1.165) is 36.1 Å². The van der Waals surface area contributed by atoms with Gasteiger partial charge >= 0.3 is 6.18 Å². The van der Waals surface area contributed by atoms with Crippen molar-refractivity contribution >= 4 is 22.6 Å². The van der Waals surface area contributed by atoms with Gasteiger partial charge in [-0.2, -0.15) is 13.2 Å². The molecule has 0 aliphatic carbocycles. The summed E-state index contributed by atoms with van der Waals surface area (Å²) in [5.74, 6) is 0.487. The summed E-state index contributed by atoms with van der Waals surface area (Å²) in [4.78, 5) is 21.0. The van der Waals surface area contributed by atoms with Gasteiger partial charge in [0.2, 0.25) is 0 Å². The van der Waals surface area contributed by atoms with E-state index in [9.17, 15) is 18.0 Å². The zero-order chi connectivity index (χ0) is 21.3. The fourth-order valence-electron chi connectivity index (χ4n) is 3.94. The second-order valence-corrected chi connectivity index (χ2v) is 7.38. The monoisotopic (exact) mass is 416 g/mol. The molecule has 0 unspecified atom stereocenters. The molecule has 2 aromatic heterocycles. The zero-order valence-electron chi connectivity index (χ0n) is 16.7. The summed E-state index contributed by atoms with van der Waals surface area (Å²) < 4.78 is 40.4. The highest BCUT2D eigenvalue weighted by Crippen LogP contribution is 2.29. The van der Waals surface area contributed by atoms with Crippen molar-refractivity contribution in [2.75, 3.05) is 31.1 Å². The molecule has 1 amide bonds. The van der Waals surface area contributed by atoms with Crippen LogP contribution in [0.1, 0.15) is 29.3 Å². The van der Waals surface area contributed by atoms with Crippen LogP contribution in [0.2, 0.25) is 0 Å². The van der Waals surface area contributed by atoms with Gasteiger partial charge in [-0.05, 0) is 31.5 Å². The van der Waals surface area contributed by atoms with Gasteiger partial charge in [0, 0.05) is 56.0 Å². The lowest BCUT2D eigenvalue weighted by molar-refractivity contribution is -0.137. The number of carbonyl (C=O) groups is 1. The van der Waals surface area contributed by atoms with Gasteiger partial charge in [0.15, 0.2) is 0 Å². The van der Waals surface area contributed by atoms with Gasteiger partial charge in [0.1, 0.15) is 5.82 Å². The Morgan fingerprint density at radius 2 is 1.87 bits per heavy atom. The smallest absolute Gasteiger partial charge is 0.355 e. The lowest BCUT2D eigenvalue weighted by Gasteiger charge is -2.23. The highest BCUT2D eigenvalue weighted by atomic mass is 19.4. The van der Waals surface area contributed by atoms with Crippen LogP contribution in [0, 0.1) is 0 Å². The van der Waals surface area contributed by atoms with Gasteiger partial charge in [0.05, 0.1) is 11.1 Å². The van der Waals surface area contributed by atoms with Crippen molar-refractivity contribution in [1.82, 2.24) is 14.5 Å². The average molecular weight is 416 g/mol. The number of pyridine rings is 1. The summed E-state index contributed by atoms with van der Waals surface area (Å²) in [5, 5.41) is 0.940. The number of hydrogen-bond donors (Lipinski definition) is 0. The molecule has 3 heterocycles. The number of hydrogen-bond acceptors (Lipinski definition) is 3. The number of benzene rings is 1. The SMILES string of the molecule is CCn1cc(C(=O)N2CCCN(c3ccc(C(F)(F)F)cn3)CC2)c2ccccc21. The maximum absolute atomic E-state index is 13.2. The third-order valence-corrected chi connectivity index (χ3v) is 5.54. The van der Waals surface area contributed by atoms with E-state index in [1.165, 1.54) is 6.07 Å². The number of fused-ring (bicyclic) bond motifs is 1. The third-order valence-electron chi connectivity index (χ3n) is 5.54. The Labute approximate surface area is 172 Å². The number of aromatic nitrogens is 2. The second kappa shape index (κ2) is 8.01. The number of anilines is 1. The van der Waals surface area contributed by atoms with Crippen molar-refractivity contribution in [1.29, 1.82) is 0 Å². The van der Waals surface area contributed by atoms with Crippen LogP contribution < -0.4 is 4.90 Å². The highest BCUT2D eigenvalue weighted by Gasteiger charge is 2.31. The fourth-order valence-corrected chi connectivity index (χ4v) is 3.94. The molecule has 158 valence electrons. The normalized spacial score (nSPS) is 15.5. The first kappa shape index (κ1) is 20.3. The zero-order valence-corrected chi connectivity index (χ0v) is 16.7. The summed E-state index contributed by atoms with van der Waals surface area (Å²) in [5.41, 5.74) is 0.965. The van der Waals surface area contributed by atoms with Gasteiger partial charge < -0.3 is 14.4 Å². The van der Waals surface area contributed by atoms with Crippen molar-refractivity contribution < 1.29 is 18.0 Å². The molecule has 8 heteroatoms. The Balaban J connectivity index is 1.50. The minimum Gasteiger partial charge on any atom is -0.355 e. The summed E-state index contributed by atoms with van der Waals surface area (Å²) in [6, 6.07) is 10.3. The van der Waals surface area contributed by atoms with Crippen LogP contribution in [0.5, 0.6) is 0 Å². The molecule has 4 rings (SSSR count). The number of aryl methyl sites for hydroxylation is 1. The van der Waals surface area contributed by atoms with E-state index in [-0.39, 0.29) is 5.91 Å². The van der Waals surface area contributed by atoms with Crippen molar-refractivity contribution in [3.8, 4) is 0 Å². The first-order valence-electron chi connectivity index (χ1n) is 10.0. The van der Waals surface area contributed by atoms with Crippen molar-refractivity contribution in [2.45, 2.75) is 26.1 Å². The number of carbonyl (C=O) groups excluding carboxylic acids is 1. The molecular formula is C22H23F3N4O. The highest BCUT2D eigenvalue weighted by molar-refractivity contribution is 6.07. The molecule has 0 saturated carbocycles. The summed E-state index contributed by atoms with van der Waals surface area (Å²) in [6.45, 7) is 5.08. The Hall–Kier alpha value is -3.03.